The molecule has 5 atom stereocenters. The van der Waals surface area contributed by atoms with E-state index in [2.05, 4.69) is 6.07 Å². The molecule has 1 unspecified atom stereocenters. The molecule has 2 heterocycles. The molecule has 0 radical (unpaired) electrons. The molecular formula is C30H42N4O9P2S. The number of ether oxygens (including phenoxy) is 1. The normalized spacial score (nSPS) is 21.2. The molecule has 1 aliphatic rings. The van der Waals surface area contributed by atoms with E-state index >= 15 is 0 Å². The fraction of sp³-hybridized carbons (Fsp3) is 0.533. The smallest absolute Gasteiger partial charge is 0.346 e. The zero-order chi connectivity index (χ0) is 34.2. The largest absolute Gasteiger partial charge is 0.353 e. The van der Waals surface area contributed by atoms with Crippen molar-refractivity contribution in [3.8, 4) is 6.07 Å². The molecule has 2 aromatic rings. The van der Waals surface area contributed by atoms with Crippen LogP contribution in [0.5, 0.6) is 0 Å². The lowest BCUT2D eigenvalue weighted by Gasteiger charge is -2.43. The van der Waals surface area contributed by atoms with Gasteiger partial charge in [-0.2, -0.15) is 21.6 Å². The first-order valence-corrected chi connectivity index (χ1v) is 18.5. The van der Waals surface area contributed by atoms with Crippen molar-refractivity contribution in [2.75, 3.05) is 20.0 Å². The monoisotopic (exact) mass is 696 g/mol. The fourth-order valence-corrected chi connectivity index (χ4v) is 8.80. The van der Waals surface area contributed by atoms with Crippen molar-refractivity contribution in [2.45, 2.75) is 82.7 Å². The molecule has 1 saturated heterocycles. The molecule has 1 N–H and O–H groups in total. The second-order valence-corrected chi connectivity index (χ2v) is 16.0. The first kappa shape index (κ1) is 38.0. The topological polar surface area (TPSA) is 162 Å². The average molecular weight is 697 g/mol. The van der Waals surface area contributed by atoms with Crippen LogP contribution in [0.1, 0.15) is 64.0 Å². The molecule has 1 aromatic heterocycles. The maximum absolute atomic E-state index is 13.8. The summed E-state index contributed by atoms with van der Waals surface area (Å²) in [6, 6.07) is 11.1. The van der Waals surface area contributed by atoms with E-state index in [1.165, 1.54) is 56.2 Å². The molecule has 252 valence electrons. The van der Waals surface area contributed by atoms with Gasteiger partial charge in [-0.15, -0.1) is 0 Å². The van der Waals surface area contributed by atoms with Gasteiger partial charge in [-0.1, -0.05) is 25.1 Å². The summed E-state index contributed by atoms with van der Waals surface area (Å²) in [5.41, 5.74) is -2.18. The highest BCUT2D eigenvalue weighted by atomic mass is 32.2. The summed E-state index contributed by atoms with van der Waals surface area (Å²) < 4.78 is 39.3. The second kappa shape index (κ2) is 16.6. The molecule has 46 heavy (non-hydrogen) atoms. The number of aromatic nitrogens is 2. The third-order valence-electron chi connectivity index (χ3n) is 7.42. The minimum absolute atomic E-state index is 0.155. The van der Waals surface area contributed by atoms with Gasteiger partial charge in [0.05, 0.1) is 11.3 Å². The van der Waals surface area contributed by atoms with Gasteiger partial charge in [-0.3, -0.25) is 18.7 Å². The van der Waals surface area contributed by atoms with Crippen molar-refractivity contribution >= 4 is 33.8 Å². The van der Waals surface area contributed by atoms with Crippen LogP contribution in [0.4, 0.5) is 0 Å². The lowest BCUT2D eigenvalue weighted by molar-refractivity contribution is 0.00573. The fourth-order valence-electron chi connectivity index (χ4n) is 5.27. The lowest BCUT2D eigenvalue weighted by Crippen LogP contribution is -2.46. The number of carbonyl (C=O) groups is 1. The molecule has 3 rings (SSSR count). The SMILES string of the molecule is CCS[C@@H]1[C@H](OP(O)N(C(C)C)C(C)(C)CCC#N)[C@@H](/C=C/P(=O)(OC)OC)O[C@H]1n1ccc(=O)n(C(=O)c2ccccc2)c1=O. The summed E-state index contributed by atoms with van der Waals surface area (Å²) in [5.74, 6) is 0.986. The Balaban J connectivity index is 2.13. The van der Waals surface area contributed by atoms with E-state index in [0.29, 0.717) is 16.7 Å². The Morgan fingerprint density at radius 1 is 1.24 bits per heavy atom. The van der Waals surface area contributed by atoms with Gasteiger partial charge in [0.2, 0.25) is 0 Å². The minimum Gasteiger partial charge on any atom is -0.346 e. The van der Waals surface area contributed by atoms with Crippen LogP contribution < -0.4 is 11.2 Å². The molecule has 13 nitrogen and oxygen atoms in total. The Hall–Kier alpha value is -2.43. The van der Waals surface area contributed by atoms with Gasteiger partial charge in [-0.05, 0) is 58.1 Å². The molecule has 0 spiro atoms. The van der Waals surface area contributed by atoms with Crippen LogP contribution in [0.15, 0.2) is 64.1 Å². The highest BCUT2D eigenvalue weighted by Crippen LogP contribution is 2.52. The molecule has 1 aliphatic heterocycles. The second-order valence-electron chi connectivity index (χ2n) is 11.2. The van der Waals surface area contributed by atoms with Crippen LogP contribution in [0.2, 0.25) is 0 Å². The van der Waals surface area contributed by atoms with Crippen molar-refractivity contribution in [1.29, 1.82) is 5.26 Å². The standard InChI is InChI=1S/C30H42N4O9P2S/c1-8-46-26-25(43-44(38)34(21(2)3)30(4,5)17-12-18-31)23(16-20-45(39,40-6)41-7)42-28(26)32-19-15-24(35)33(29(32)37)27(36)22-13-10-9-11-14-22/h9-11,13-16,19-21,23,25-26,28,38H,8,12,17H2,1-7H3/b20-16+/t23-,25-,26-,28-,44?/m1/s1. The lowest BCUT2D eigenvalue weighted by atomic mass is 9.98. The van der Waals surface area contributed by atoms with E-state index in [1.807, 2.05) is 39.3 Å². The van der Waals surface area contributed by atoms with E-state index in [4.69, 9.17) is 18.3 Å². The number of rotatable bonds is 15. The quantitative estimate of drug-likeness (QED) is 0.245. The Labute approximate surface area is 274 Å². The van der Waals surface area contributed by atoms with E-state index in [0.717, 1.165) is 10.6 Å². The van der Waals surface area contributed by atoms with Crippen molar-refractivity contribution in [3.63, 3.8) is 0 Å². The van der Waals surface area contributed by atoms with Gasteiger partial charge in [0.1, 0.15) is 12.2 Å². The van der Waals surface area contributed by atoms with Gasteiger partial charge in [0, 0.05) is 55.9 Å². The molecule has 1 aromatic carbocycles. The third kappa shape index (κ3) is 8.72. The van der Waals surface area contributed by atoms with Crippen molar-refractivity contribution < 1.29 is 32.6 Å². The molecule has 16 heteroatoms. The maximum atomic E-state index is 13.8. The summed E-state index contributed by atoms with van der Waals surface area (Å²) in [7, 11) is -3.46. The summed E-state index contributed by atoms with van der Waals surface area (Å²) in [6.45, 7) is 9.56. The van der Waals surface area contributed by atoms with Gasteiger partial charge >= 0.3 is 13.3 Å². The van der Waals surface area contributed by atoms with Gasteiger partial charge in [-0.25, -0.2) is 9.46 Å². The van der Waals surface area contributed by atoms with Crippen LogP contribution in [-0.2, 0) is 22.9 Å². The van der Waals surface area contributed by atoms with E-state index < -0.39 is 62.5 Å². The van der Waals surface area contributed by atoms with Crippen LogP contribution in [0, 0.1) is 11.3 Å². The molecule has 1 fully saturated rings. The molecule has 0 saturated carbocycles. The van der Waals surface area contributed by atoms with E-state index in [-0.39, 0.29) is 18.0 Å². The Morgan fingerprint density at radius 2 is 1.89 bits per heavy atom. The van der Waals surface area contributed by atoms with Crippen molar-refractivity contribution in [2.24, 2.45) is 0 Å². The first-order chi connectivity index (χ1) is 21.7. The Bertz CT molecular complexity index is 1570. The number of hydrogen-bond acceptors (Lipinski definition) is 12. The van der Waals surface area contributed by atoms with E-state index in [1.54, 1.807) is 18.2 Å². The van der Waals surface area contributed by atoms with Gasteiger partial charge in [0.25, 0.3) is 20.0 Å². The molecule has 0 aliphatic carbocycles. The molecular weight excluding hydrogens is 654 g/mol. The van der Waals surface area contributed by atoms with Crippen molar-refractivity contribution in [1.82, 2.24) is 13.8 Å². The number of thioether (sulfide) groups is 1. The predicted octanol–water partition coefficient (Wildman–Crippen LogP) is 5.11. The summed E-state index contributed by atoms with van der Waals surface area (Å²) in [4.78, 5) is 51.5. The van der Waals surface area contributed by atoms with Gasteiger partial charge in [0.15, 0.2) is 6.23 Å². The Morgan fingerprint density at radius 3 is 2.46 bits per heavy atom. The average Bonchev–Trinajstić information content (AvgIpc) is 3.35. The zero-order valence-electron chi connectivity index (χ0n) is 27.0. The predicted molar refractivity (Wildman–Crippen MR) is 178 cm³/mol. The highest BCUT2D eigenvalue weighted by Gasteiger charge is 2.49. The van der Waals surface area contributed by atoms with Crippen LogP contribution in [0.25, 0.3) is 0 Å². The number of nitriles is 1. The summed E-state index contributed by atoms with van der Waals surface area (Å²) in [6.07, 6.45) is 0.506. The molecule has 0 amide bonds. The molecule has 0 bridgehead atoms. The van der Waals surface area contributed by atoms with Crippen LogP contribution in [-0.4, -0.2) is 73.6 Å². The maximum Gasteiger partial charge on any atom is 0.353 e. The zero-order valence-corrected chi connectivity index (χ0v) is 29.6. The van der Waals surface area contributed by atoms with E-state index in [9.17, 15) is 29.1 Å². The summed E-state index contributed by atoms with van der Waals surface area (Å²) >= 11 is 1.40. The van der Waals surface area contributed by atoms with Crippen molar-refractivity contribution in [3.05, 3.63) is 80.9 Å². The highest BCUT2D eigenvalue weighted by molar-refractivity contribution is 7.99. The number of benzene rings is 1. The minimum atomic E-state index is -3.65. The number of hydrogen-bond donors (Lipinski definition) is 1. The first-order valence-electron chi connectivity index (χ1n) is 14.7. The Kier molecular flexibility index (Phi) is 13.7. The summed E-state index contributed by atoms with van der Waals surface area (Å²) in [5, 5.41) is 8.56. The van der Waals surface area contributed by atoms with Crippen LogP contribution >= 0.6 is 27.9 Å². The van der Waals surface area contributed by atoms with Crippen LogP contribution in [0.3, 0.4) is 0 Å². The number of nitrogens with zero attached hydrogens (tertiary/aromatic N) is 4. The van der Waals surface area contributed by atoms with Gasteiger partial charge < -0.3 is 23.2 Å². The third-order valence-corrected chi connectivity index (χ3v) is 12.0. The number of carbonyl (C=O) groups excluding carboxylic acids is 1.